The van der Waals surface area contributed by atoms with E-state index in [1.807, 2.05) is 0 Å². The van der Waals surface area contributed by atoms with Crippen LogP contribution in [0.2, 0.25) is 0 Å². The van der Waals surface area contributed by atoms with Gasteiger partial charge >= 0.3 is 0 Å². The summed E-state index contributed by atoms with van der Waals surface area (Å²) in [4.78, 5) is 2.60. The van der Waals surface area contributed by atoms with E-state index < -0.39 is 0 Å². The molecule has 3 rings (SSSR count). The third-order valence-electron chi connectivity index (χ3n) is 4.93. The van der Waals surface area contributed by atoms with E-state index in [1.165, 1.54) is 31.2 Å². The van der Waals surface area contributed by atoms with Gasteiger partial charge in [0, 0.05) is 43.9 Å². The summed E-state index contributed by atoms with van der Waals surface area (Å²) in [5, 5.41) is 13.2. The molecule has 1 saturated heterocycles. The van der Waals surface area contributed by atoms with Crippen molar-refractivity contribution in [3.05, 3.63) is 23.8 Å². The maximum Gasteiger partial charge on any atom is 0.127 e. The van der Waals surface area contributed by atoms with Crippen LogP contribution in [0, 0.1) is 5.92 Å². The summed E-state index contributed by atoms with van der Waals surface area (Å²) in [5.41, 5.74) is 1.24. The normalized spacial score (nSPS) is 20.4. The average Bonchev–Trinajstić information content (AvgIpc) is 3.04. The number of nitrogens with one attached hydrogen (secondary N) is 1. The topological polar surface area (TPSA) is 44.7 Å². The Morgan fingerprint density at radius 1 is 1.17 bits per heavy atom. The fourth-order valence-corrected chi connectivity index (χ4v) is 3.93. The Balaban J connectivity index is 0.00000132. The molecule has 1 saturated carbocycles. The summed E-state index contributed by atoms with van der Waals surface area (Å²) in [7, 11) is 1.70. The van der Waals surface area contributed by atoms with Gasteiger partial charge in [0.1, 0.15) is 11.5 Å². The Bertz CT molecular complexity index is 476. The molecule has 0 unspecified atom stereocenters. The van der Waals surface area contributed by atoms with Crippen LogP contribution in [0.3, 0.4) is 0 Å². The molecule has 1 aliphatic heterocycles. The predicted molar refractivity (Wildman–Crippen MR) is 98.3 cm³/mol. The van der Waals surface area contributed by atoms with Gasteiger partial charge in [0.15, 0.2) is 0 Å². The third kappa shape index (κ3) is 4.66. The van der Waals surface area contributed by atoms with Gasteiger partial charge in [-0.2, -0.15) is 0 Å². The molecule has 23 heavy (non-hydrogen) atoms. The first-order chi connectivity index (χ1) is 10.3. The number of halogens is 2. The van der Waals surface area contributed by atoms with Crippen molar-refractivity contribution in [1.29, 1.82) is 0 Å². The van der Waals surface area contributed by atoms with Crippen LogP contribution in [0.5, 0.6) is 11.5 Å². The Hall–Kier alpha value is -0.680. The van der Waals surface area contributed by atoms with Crippen LogP contribution in [0.4, 0.5) is 0 Å². The summed E-state index contributed by atoms with van der Waals surface area (Å²) < 4.78 is 5.56. The molecule has 1 aromatic carbocycles. The number of benzene rings is 1. The molecule has 2 N–H and O–H groups in total. The molecule has 1 aliphatic carbocycles. The van der Waals surface area contributed by atoms with Crippen molar-refractivity contribution in [1.82, 2.24) is 10.2 Å². The van der Waals surface area contributed by atoms with Crippen molar-refractivity contribution in [3.8, 4) is 11.5 Å². The molecule has 1 atom stereocenters. The number of nitrogens with zero attached hydrogens (tertiary/aromatic N) is 1. The van der Waals surface area contributed by atoms with Gasteiger partial charge in [-0.15, -0.1) is 24.8 Å². The Morgan fingerprint density at radius 2 is 1.83 bits per heavy atom. The number of aromatic hydroxyl groups is 1. The van der Waals surface area contributed by atoms with Crippen LogP contribution in [-0.2, 0) is 0 Å². The maximum absolute atomic E-state index is 9.72. The summed E-state index contributed by atoms with van der Waals surface area (Å²) in [6.45, 7) is 4.30. The number of methoxy groups -OCH3 is 1. The van der Waals surface area contributed by atoms with Crippen LogP contribution in [0.1, 0.15) is 37.3 Å². The molecular formula is C17H28Cl2N2O2. The molecule has 132 valence electrons. The first kappa shape index (κ1) is 20.4. The number of hydrogen-bond donors (Lipinski definition) is 2. The number of piperazine rings is 1. The second kappa shape index (κ2) is 9.58. The van der Waals surface area contributed by atoms with Gasteiger partial charge in [-0.25, -0.2) is 0 Å². The molecule has 2 aliphatic rings. The minimum absolute atomic E-state index is 0. The average molecular weight is 363 g/mol. The Labute approximate surface area is 151 Å². The SMILES string of the molecule is COc1cc(O)ccc1[C@@H](C1CCCC1)N1CCNCC1.Cl.Cl. The minimum Gasteiger partial charge on any atom is -0.508 e. The monoisotopic (exact) mass is 362 g/mol. The van der Waals surface area contributed by atoms with Crippen LogP contribution < -0.4 is 10.1 Å². The van der Waals surface area contributed by atoms with E-state index >= 15 is 0 Å². The van der Waals surface area contributed by atoms with E-state index in [2.05, 4.69) is 16.3 Å². The molecule has 0 bridgehead atoms. The van der Waals surface area contributed by atoms with Gasteiger partial charge < -0.3 is 15.2 Å². The smallest absolute Gasteiger partial charge is 0.127 e. The molecule has 1 aromatic rings. The zero-order chi connectivity index (χ0) is 14.7. The van der Waals surface area contributed by atoms with Gasteiger partial charge in [0.2, 0.25) is 0 Å². The second-order valence-electron chi connectivity index (χ2n) is 6.20. The highest BCUT2D eigenvalue weighted by molar-refractivity contribution is 5.85. The molecular weight excluding hydrogens is 335 g/mol. The van der Waals surface area contributed by atoms with Crippen LogP contribution >= 0.6 is 24.8 Å². The largest absolute Gasteiger partial charge is 0.508 e. The van der Waals surface area contributed by atoms with Crippen LogP contribution in [-0.4, -0.2) is 43.3 Å². The third-order valence-corrected chi connectivity index (χ3v) is 4.93. The van der Waals surface area contributed by atoms with E-state index in [1.54, 1.807) is 19.2 Å². The fraction of sp³-hybridized carbons (Fsp3) is 0.647. The molecule has 2 fully saturated rings. The molecule has 0 radical (unpaired) electrons. The lowest BCUT2D eigenvalue weighted by Crippen LogP contribution is -2.46. The summed E-state index contributed by atoms with van der Waals surface area (Å²) in [6.07, 6.45) is 5.29. The van der Waals surface area contributed by atoms with E-state index in [0.717, 1.165) is 31.9 Å². The Morgan fingerprint density at radius 3 is 2.43 bits per heavy atom. The zero-order valence-electron chi connectivity index (χ0n) is 13.7. The fourth-order valence-electron chi connectivity index (χ4n) is 3.93. The van der Waals surface area contributed by atoms with E-state index in [9.17, 15) is 5.11 Å². The highest BCUT2D eigenvalue weighted by atomic mass is 35.5. The van der Waals surface area contributed by atoms with Gasteiger partial charge in [-0.1, -0.05) is 18.9 Å². The Kier molecular flexibility index (Phi) is 8.48. The predicted octanol–water partition coefficient (Wildman–Crippen LogP) is 3.38. The summed E-state index contributed by atoms with van der Waals surface area (Å²) >= 11 is 0. The lowest BCUT2D eigenvalue weighted by atomic mass is 9.89. The first-order valence-corrected chi connectivity index (χ1v) is 8.11. The molecule has 0 aromatic heterocycles. The number of ether oxygens (including phenoxy) is 1. The van der Waals surface area contributed by atoms with E-state index in [0.29, 0.717) is 12.0 Å². The number of hydrogen-bond acceptors (Lipinski definition) is 4. The van der Waals surface area contributed by atoms with Crippen molar-refractivity contribution in [3.63, 3.8) is 0 Å². The molecule has 0 amide bonds. The molecule has 0 spiro atoms. The molecule has 4 nitrogen and oxygen atoms in total. The lowest BCUT2D eigenvalue weighted by Gasteiger charge is -2.39. The zero-order valence-corrected chi connectivity index (χ0v) is 15.3. The van der Waals surface area contributed by atoms with Crippen molar-refractivity contribution in [2.75, 3.05) is 33.3 Å². The highest BCUT2D eigenvalue weighted by Crippen LogP contribution is 2.43. The second-order valence-corrected chi connectivity index (χ2v) is 6.20. The molecule has 6 heteroatoms. The minimum atomic E-state index is 0. The maximum atomic E-state index is 9.72. The van der Waals surface area contributed by atoms with Gasteiger partial charge in [-0.3, -0.25) is 4.90 Å². The quantitative estimate of drug-likeness (QED) is 0.861. The first-order valence-electron chi connectivity index (χ1n) is 8.11. The van der Waals surface area contributed by atoms with Crippen molar-refractivity contribution in [2.24, 2.45) is 5.92 Å². The summed E-state index contributed by atoms with van der Waals surface area (Å²) in [5.74, 6) is 1.81. The standard InChI is InChI=1S/C17H26N2O2.2ClH/c1-21-16-12-14(20)6-7-15(16)17(13-4-2-3-5-13)19-10-8-18-9-11-19;;/h6-7,12-13,17-18,20H,2-5,8-11H2,1H3;2*1H/t17-;;/m1../s1. The van der Waals surface area contributed by atoms with E-state index in [-0.39, 0.29) is 30.6 Å². The number of phenolic OH excluding ortho intramolecular Hbond substituents is 1. The number of phenols is 1. The van der Waals surface area contributed by atoms with Gasteiger partial charge in [-0.05, 0) is 24.8 Å². The highest BCUT2D eigenvalue weighted by Gasteiger charge is 2.33. The van der Waals surface area contributed by atoms with Crippen molar-refractivity contribution >= 4 is 24.8 Å². The van der Waals surface area contributed by atoms with Gasteiger partial charge in [0.05, 0.1) is 7.11 Å². The van der Waals surface area contributed by atoms with Crippen LogP contribution in [0.25, 0.3) is 0 Å². The summed E-state index contributed by atoms with van der Waals surface area (Å²) in [6, 6.07) is 6.02. The molecule has 1 heterocycles. The van der Waals surface area contributed by atoms with Crippen molar-refractivity contribution < 1.29 is 9.84 Å². The van der Waals surface area contributed by atoms with Gasteiger partial charge in [0.25, 0.3) is 0 Å². The van der Waals surface area contributed by atoms with E-state index in [4.69, 9.17) is 4.74 Å². The van der Waals surface area contributed by atoms with Crippen LogP contribution in [0.15, 0.2) is 18.2 Å². The number of rotatable bonds is 4. The lowest BCUT2D eigenvalue weighted by molar-refractivity contribution is 0.123. The van der Waals surface area contributed by atoms with Crippen molar-refractivity contribution in [2.45, 2.75) is 31.7 Å².